The number of hydrogen-bond acceptors (Lipinski definition) is 2. The lowest BCUT2D eigenvalue weighted by atomic mass is 10.2. The zero-order chi connectivity index (χ0) is 7.40. The van der Waals surface area contributed by atoms with E-state index in [4.69, 9.17) is 0 Å². The first-order valence-electron chi connectivity index (χ1n) is 2.95. The van der Waals surface area contributed by atoms with Gasteiger partial charge in [-0.1, -0.05) is 30.3 Å². The van der Waals surface area contributed by atoms with Crippen LogP contribution in [0.3, 0.4) is 0 Å². The van der Waals surface area contributed by atoms with Crippen molar-refractivity contribution in [1.82, 2.24) is 0 Å². The maximum atomic E-state index is 9.97. The van der Waals surface area contributed by atoms with Gasteiger partial charge in [0.15, 0.2) is 0 Å². The summed E-state index contributed by atoms with van der Waals surface area (Å²) in [6, 6.07) is 8.90. The van der Waals surface area contributed by atoms with Crippen molar-refractivity contribution >= 4 is 12.4 Å². The second-order valence-electron chi connectivity index (χ2n) is 1.98. The first-order chi connectivity index (χ1) is 4.79. The predicted octanol–water partition coefficient (Wildman–Crippen LogP) is 1.89. The zero-order valence-electron chi connectivity index (χ0n) is 5.77. The van der Waals surface area contributed by atoms with Crippen molar-refractivity contribution in [1.29, 1.82) is 0 Å². The second kappa shape index (κ2) is 4.68. The fourth-order valence-electron chi connectivity index (χ4n) is 0.732. The van der Waals surface area contributed by atoms with E-state index in [0.717, 1.165) is 5.56 Å². The largest absolute Gasteiger partial charge is 0.264 e. The topological polar surface area (TPSA) is 43.1 Å². The van der Waals surface area contributed by atoms with Gasteiger partial charge in [0.1, 0.15) is 0 Å². The molecule has 0 saturated carbocycles. The van der Waals surface area contributed by atoms with E-state index >= 15 is 0 Å². The Morgan fingerprint density at radius 1 is 1.27 bits per heavy atom. The van der Waals surface area contributed by atoms with Gasteiger partial charge in [0.05, 0.1) is 0 Å². The minimum atomic E-state index is -0.338. The molecular formula is C7H8ClNO2. The Labute approximate surface area is 70.6 Å². The third-order valence-electron chi connectivity index (χ3n) is 1.15. The minimum Gasteiger partial charge on any atom is -0.264 e. The van der Waals surface area contributed by atoms with E-state index in [1.54, 1.807) is 24.3 Å². The maximum absolute atomic E-state index is 9.97. The van der Waals surface area contributed by atoms with Crippen LogP contribution < -0.4 is 0 Å². The van der Waals surface area contributed by atoms with E-state index in [1.165, 1.54) is 0 Å². The van der Waals surface area contributed by atoms with Crippen LogP contribution in [0, 0.1) is 10.1 Å². The Hall–Kier alpha value is -1.09. The van der Waals surface area contributed by atoms with Crippen LogP contribution in [0.4, 0.5) is 0 Å². The lowest BCUT2D eigenvalue weighted by Gasteiger charge is -1.90. The van der Waals surface area contributed by atoms with Crippen LogP contribution in [0.15, 0.2) is 30.3 Å². The summed E-state index contributed by atoms with van der Waals surface area (Å²) >= 11 is 0. The molecule has 0 atom stereocenters. The summed E-state index contributed by atoms with van der Waals surface area (Å²) in [6.07, 6.45) is 0. The van der Waals surface area contributed by atoms with Crippen molar-refractivity contribution in [3.63, 3.8) is 0 Å². The van der Waals surface area contributed by atoms with Crippen molar-refractivity contribution in [2.75, 3.05) is 0 Å². The van der Waals surface area contributed by atoms with Crippen molar-refractivity contribution in [2.24, 2.45) is 0 Å². The highest BCUT2D eigenvalue weighted by atomic mass is 35.5. The molecule has 0 fully saturated rings. The Morgan fingerprint density at radius 2 is 1.82 bits per heavy atom. The highest BCUT2D eigenvalue weighted by Crippen LogP contribution is 1.98. The Kier molecular flexibility index (Phi) is 4.22. The van der Waals surface area contributed by atoms with Crippen molar-refractivity contribution in [3.05, 3.63) is 46.0 Å². The van der Waals surface area contributed by atoms with Crippen LogP contribution in [0.25, 0.3) is 0 Å². The minimum absolute atomic E-state index is 0. The lowest BCUT2D eigenvalue weighted by molar-refractivity contribution is -0.496. The Morgan fingerprint density at radius 3 is 2.27 bits per heavy atom. The molecule has 0 aromatic heterocycles. The van der Waals surface area contributed by atoms with Crippen molar-refractivity contribution in [3.8, 4) is 0 Å². The number of nitrogens with zero attached hydrogens (tertiary/aromatic N) is 1. The Bertz CT molecular complexity index is 225. The zero-order valence-corrected chi connectivity index (χ0v) is 6.58. The average Bonchev–Trinajstić information content (AvgIpc) is 1.88. The molecule has 0 heterocycles. The van der Waals surface area contributed by atoms with E-state index in [0.29, 0.717) is 0 Å². The molecule has 0 bridgehead atoms. The molecule has 11 heavy (non-hydrogen) atoms. The molecule has 0 aliphatic carbocycles. The monoisotopic (exact) mass is 173 g/mol. The molecule has 0 saturated heterocycles. The molecule has 3 nitrogen and oxygen atoms in total. The van der Waals surface area contributed by atoms with Crippen LogP contribution in [-0.2, 0) is 6.54 Å². The summed E-state index contributed by atoms with van der Waals surface area (Å²) in [5, 5.41) is 9.97. The number of benzene rings is 1. The molecule has 0 radical (unpaired) electrons. The van der Waals surface area contributed by atoms with Gasteiger partial charge in [-0.2, -0.15) is 0 Å². The Balaban J connectivity index is 0.000001000. The van der Waals surface area contributed by atoms with Crippen LogP contribution in [0.5, 0.6) is 0 Å². The fourth-order valence-corrected chi connectivity index (χ4v) is 0.732. The number of nitro groups is 1. The highest BCUT2D eigenvalue weighted by Gasteiger charge is 1.97. The molecule has 0 N–H and O–H groups in total. The van der Waals surface area contributed by atoms with Gasteiger partial charge in [0, 0.05) is 10.5 Å². The molecule has 1 aromatic carbocycles. The number of halogens is 1. The lowest BCUT2D eigenvalue weighted by Crippen LogP contribution is -1.96. The summed E-state index contributed by atoms with van der Waals surface area (Å²) in [4.78, 5) is 9.64. The van der Waals surface area contributed by atoms with E-state index in [-0.39, 0.29) is 23.9 Å². The van der Waals surface area contributed by atoms with Gasteiger partial charge in [-0.15, -0.1) is 12.4 Å². The average molecular weight is 174 g/mol. The highest BCUT2D eigenvalue weighted by molar-refractivity contribution is 5.85. The molecule has 0 aliphatic rings. The summed E-state index contributed by atoms with van der Waals surface area (Å²) in [5.41, 5.74) is 0.743. The van der Waals surface area contributed by atoms with Crippen LogP contribution in [-0.4, -0.2) is 4.92 Å². The molecule has 0 spiro atoms. The van der Waals surface area contributed by atoms with E-state index < -0.39 is 0 Å². The summed E-state index contributed by atoms with van der Waals surface area (Å²) in [5.74, 6) is 0. The van der Waals surface area contributed by atoms with E-state index in [1.807, 2.05) is 6.07 Å². The number of rotatable bonds is 2. The van der Waals surface area contributed by atoms with Crippen LogP contribution in [0.1, 0.15) is 5.56 Å². The van der Waals surface area contributed by atoms with Crippen molar-refractivity contribution in [2.45, 2.75) is 6.54 Å². The fraction of sp³-hybridized carbons (Fsp3) is 0.143. The van der Waals surface area contributed by atoms with E-state index in [2.05, 4.69) is 0 Å². The molecule has 0 amide bonds. The molecule has 1 aromatic rings. The summed E-state index contributed by atoms with van der Waals surface area (Å²) in [7, 11) is 0. The summed E-state index contributed by atoms with van der Waals surface area (Å²) < 4.78 is 0. The second-order valence-corrected chi connectivity index (χ2v) is 1.98. The van der Waals surface area contributed by atoms with Gasteiger partial charge in [0.2, 0.25) is 6.54 Å². The molecule has 0 unspecified atom stereocenters. The predicted molar refractivity (Wildman–Crippen MR) is 44.4 cm³/mol. The first-order valence-corrected chi connectivity index (χ1v) is 2.95. The van der Waals surface area contributed by atoms with Crippen LogP contribution >= 0.6 is 12.4 Å². The molecular weight excluding hydrogens is 166 g/mol. The van der Waals surface area contributed by atoms with Gasteiger partial charge in [-0.05, 0) is 0 Å². The van der Waals surface area contributed by atoms with Gasteiger partial charge in [-0.25, -0.2) is 0 Å². The normalized spacial score (nSPS) is 8.36. The standard InChI is InChI=1S/C7H7NO2.ClH/c9-8(10)6-7-4-2-1-3-5-7;/h1-5H,6H2;1H. The molecule has 1 rings (SSSR count). The number of hydrogen-bond donors (Lipinski definition) is 0. The van der Waals surface area contributed by atoms with Gasteiger partial charge < -0.3 is 0 Å². The van der Waals surface area contributed by atoms with Crippen molar-refractivity contribution < 1.29 is 4.92 Å². The third kappa shape index (κ3) is 3.57. The molecule has 60 valence electrons. The van der Waals surface area contributed by atoms with Gasteiger partial charge in [-0.3, -0.25) is 10.1 Å². The quantitative estimate of drug-likeness (QED) is 0.506. The first kappa shape index (κ1) is 9.91. The van der Waals surface area contributed by atoms with Gasteiger partial charge >= 0.3 is 0 Å². The maximum Gasteiger partial charge on any atom is 0.228 e. The van der Waals surface area contributed by atoms with E-state index in [9.17, 15) is 10.1 Å². The SMILES string of the molecule is Cl.O=[N+]([O-])Cc1ccccc1. The smallest absolute Gasteiger partial charge is 0.228 e. The third-order valence-corrected chi connectivity index (χ3v) is 1.15. The molecule has 0 aliphatic heterocycles. The van der Waals surface area contributed by atoms with Crippen LogP contribution in [0.2, 0.25) is 0 Å². The summed E-state index contributed by atoms with van der Waals surface area (Å²) in [6.45, 7) is -0.0825. The molecule has 4 heteroatoms. The van der Waals surface area contributed by atoms with Gasteiger partial charge in [0.25, 0.3) is 0 Å².